The summed E-state index contributed by atoms with van der Waals surface area (Å²) in [5, 5.41) is 0. The number of nitrogens with zero attached hydrogens (tertiary/aromatic N) is 2. The van der Waals surface area contributed by atoms with Gasteiger partial charge in [0.1, 0.15) is 11.6 Å². The maximum Gasteiger partial charge on any atom is 0.123 e. The molecule has 0 radical (unpaired) electrons. The number of anilines is 4. The Kier molecular flexibility index (Phi) is 11.8. The normalized spacial score (nSPS) is 11.9. The van der Waals surface area contributed by atoms with Crippen LogP contribution >= 0.6 is 0 Å². The molecule has 60 heavy (non-hydrogen) atoms. The Bertz CT molecular complexity index is 2710. The first-order valence-corrected chi connectivity index (χ1v) is 20.5. The van der Waals surface area contributed by atoms with Crippen molar-refractivity contribution in [3.8, 4) is 11.1 Å². The fraction of sp³-hybridized carbons (Fsp3) is 0.107. The van der Waals surface area contributed by atoms with Crippen LogP contribution in [0.5, 0.6) is 0 Å². The highest BCUT2D eigenvalue weighted by Crippen LogP contribution is 2.38. The summed E-state index contributed by atoms with van der Waals surface area (Å²) in [4.78, 5) is 4.63. The molecular formula is C56H48F2N2. The van der Waals surface area contributed by atoms with Crippen LogP contribution in [0.3, 0.4) is 0 Å². The minimum atomic E-state index is -0.264. The van der Waals surface area contributed by atoms with Crippen LogP contribution in [-0.2, 0) is 0 Å². The second-order valence-corrected chi connectivity index (χ2v) is 15.6. The first-order valence-electron chi connectivity index (χ1n) is 20.5. The topological polar surface area (TPSA) is 6.48 Å². The van der Waals surface area contributed by atoms with Crippen LogP contribution in [0.2, 0.25) is 0 Å². The van der Waals surface area contributed by atoms with E-state index in [0.717, 1.165) is 61.7 Å². The largest absolute Gasteiger partial charge is 0.340 e. The number of halogens is 2. The van der Waals surface area contributed by atoms with Gasteiger partial charge in [-0.3, -0.25) is 0 Å². The van der Waals surface area contributed by atoms with Gasteiger partial charge in [-0.05, 0) is 133 Å². The summed E-state index contributed by atoms with van der Waals surface area (Å²) in [7, 11) is 0. The predicted octanol–water partition coefficient (Wildman–Crippen LogP) is 15.1. The third kappa shape index (κ3) is 8.99. The summed E-state index contributed by atoms with van der Waals surface area (Å²) in [5.74, 6) is -0.503. The molecule has 0 saturated heterocycles. The van der Waals surface area contributed by atoms with E-state index >= 15 is 0 Å². The lowest BCUT2D eigenvalue weighted by Gasteiger charge is -2.32. The Balaban J connectivity index is 1.16. The van der Waals surface area contributed by atoms with Gasteiger partial charge >= 0.3 is 0 Å². The SMILES string of the molecule is Cc1ccc(N(/C=C(\c2ccccc2)c2ccc(F)cc2)c2ccc(-c3ccc(N(CC(c4ccccc4)c4ccc(F)cc4)c4ccc(C)cc4C)cc3)cc2)c(C)c1. The zero-order chi connectivity index (χ0) is 41.6. The third-order valence-corrected chi connectivity index (χ3v) is 11.3. The molecule has 4 heteroatoms. The number of hydrogen-bond acceptors (Lipinski definition) is 2. The zero-order valence-electron chi connectivity index (χ0n) is 34.5. The summed E-state index contributed by atoms with van der Waals surface area (Å²) < 4.78 is 28.3. The fourth-order valence-corrected chi connectivity index (χ4v) is 8.12. The molecule has 0 aliphatic heterocycles. The molecule has 296 valence electrons. The minimum absolute atomic E-state index is 0.000602. The highest BCUT2D eigenvalue weighted by atomic mass is 19.1. The van der Waals surface area contributed by atoms with Gasteiger partial charge in [0.15, 0.2) is 0 Å². The van der Waals surface area contributed by atoms with E-state index in [1.807, 2.05) is 48.5 Å². The van der Waals surface area contributed by atoms with Crippen LogP contribution in [0, 0.1) is 39.3 Å². The van der Waals surface area contributed by atoms with Crippen LogP contribution in [0.4, 0.5) is 31.5 Å². The van der Waals surface area contributed by atoms with E-state index in [1.165, 1.54) is 34.4 Å². The van der Waals surface area contributed by atoms with Crippen molar-refractivity contribution in [2.24, 2.45) is 0 Å². The van der Waals surface area contributed by atoms with Crippen LogP contribution in [0.25, 0.3) is 16.7 Å². The first kappa shape index (κ1) is 39.8. The van der Waals surface area contributed by atoms with E-state index < -0.39 is 0 Å². The Hall–Kier alpha value is -7.04. The molecule has 0 amide bonds. The molecule has 0 aliphatic rings. The molecule has 1 atom stereocenters. The van der Waals surface area contributed by atoms with Crippen molar-refractivity contribution in [2.45, 2.75) is 33.6 Å². The second-order valence-electron chi connectivity index (χ2n) is 15.6. The van der Waals surface area contributed by atoms with Crippen LogP contribution in [-0.4, -0.2) is 6.54 Å². The maximum absolute atomic E-state index is 14.1. The summed E-state index contributed by atoms with van der Waals surface area (Å²) in [5.41, 5.74) is 16.4. The number of aryl methyl sites for hydroxylation is 4. The smallest absolute Gasteiger partial charge is 0.123 e. The van der Waals surface area contributed by atoms with Crippen molar-refractivity contribution in [3.05, 3.63) is 256 Å². The van der Waals surface area contributed by atoms with E-state index in [2.05, 4.69) is 165 Å². The molecule has 0 spiro atoms. The molecule has 0 saturated carbocycles. The minimum Gasteiger partial charge on any atom is -0.340 e. The summed E-state index contributed by atoms with van der Waals surface area (Å²) in [6.45, 7) is 9.21. The zero-order valence-corrected chi connectivity index (χ0v) is 34.5. The van der Waals surface area contributed by atoms with E-state index in [-0.39, 0.29) is 17.6 Å². The molecule has 0 aliphatic carbocycles. The molecule has 0 aromatic heterocycles. The van der Waals surface area contributed by atoms with Crippen LogP contribution in [0.1, 0.15) is 50.4 Å². The predicted molar refractivity (Wildman–Crippen MR) is 247 cm³/mol. The Labute approximate surface area is 353 Å². The molecule has 1 unspecified atom stereocenters. The molecule has 0 fully saturated rings. The van der Waals surface area contributed by atoms with Crippen LogP contribution < -0.4 is 9.80 Å². The number of rotatable bonds is 12. The molecule has 2 nitrogen and oxygen atoms in total. The second kappa shape index (κ2) is 17.8. The quantitative estimate of drug-likeness (QED) is 0.122. The van der Waals surface area contributed by atoms with Gasteiger partial charge in [0.25, 0.3) is 0 Å². The molecule has 8 aromatic rings. The molecular weight excluding hydrogens is 739 g/mol. The summed E-state index contributed by atoms with van der Waals surface area (Å²) in [6, 6.07) is 65.0. The van der Waals surface area contributed by atoms with Gasteiger partial charge in [-0.1, -0.05) is 145 Å². The number of benzene rings is 8. The Morgan fingerprint density at radius 2 is 0.933 bits per heavy atom. The van der Waals surface area contributed by atoms with Gasteiger partial charge in [-0.15, -0.1) is 0 Å². The molecule has 0 N–H and O–H groups in total. The lowest BCUT2D eigenvalue weighted by atomic mass is 9.90. The van der Waals surface area contributed by atoms with Gasteiger partial charge in [0.2, 0.25) is 0 Å². The highest BCUT2D eigenvalue weighted by molar-refractivity contribution is 5.85. The van der Waals surface area contributed by atoms with Crippen molar-refractivity contribution in [1.29, 1.82) is 0 Å². The lowest BCUT2D eigenvalue weighted by molar-refractivity contribution is 0.626. The van der Waals surface area contributed by atoms with Gasteiger partial charge in [-0.2, -0.15) is 0 Å². The first-order chi connectivity index (χ1) is 29.2. The van der Waals surface area contributed by atoms with E-state index in [0.29, 0.717) is 6.54 Å². The van der Waals surface area contributed by atoms with E-state index in [1.54, 1.807) is 12.1 Å². The standard InChI is InChI=1S/C56H48F2N2/c1-39-15-33-55(41(3)35-39)59(37-53(45-11-7-5-8-12-45)47-17-25-49(57)26-18-47)51-29-21-43(22-30-51)44-23-31-52(32-24-44)60(56-34-16-40(2)36-42(56)4)38-54(46-13-9-6-10-14-46)48-19-27-50(58)28-20-48/h5-37,54H,38H2,1-4H3/b53-37+. The van der Waals surface area contributed by atoms with E-state index in [9.17, 15) is 8.78 Å². The van der Waals surface area contributed by atoms with Gasteiger partial charge in [0, 0.05) is 47.0 Å². The van der Waals surface area contributed by atoms with Crippen molar-refractivity contribution < 1.29 is 8.78 Å². The molecule has 8 rings (SSSR count). The number of hydrogen-bond donors (Lipinski definition) is 0. The Morgan fingerprint density at radius 1 is 0.467 bits per heavy atom. The summed E-state index contributed by atoms with van der Waals surface area (Å²) in [6.07, 6.45) is 2.17. The van der Waals surface area contributed by atoms with Crippen molar-refractivity contribution in [3.63, 3.8) is 0 Å². The fourth-order valence-electron chi connectivity index (χ4n) is 8.12. The van der Waals surface area contributed by atoms with Crippen molar-refractivity contribution >= 4 is 28.3 Å². The van der Waals surface area contributed by atoms with Gasteiger partial charge in [-0.25, -0.2) is 8.78 Å². The van der Waals surface area contributed by atoms with Crippen LogP contribution in [0.15, 0.2) is 200 Å². The molecule has 0 bridgehead atoms. The molecule has 8 aromatic carbocycles. The average Bonchev–Trinajstić information content (AvgIpc) is 3.27. The third-order valence-electron chi connectivity index (χ3n) is 11.3. The maximum atomic E-state index is 14.1. The lowest BCUT2D eigenvalue weighted by Crippen LogP contribution is -2.25. The van der Waals surface area contributed by atoms with E-state index in [4.69, 9.17) is 0 Å². The Morgan fingerprint density at radius 3 is 1.48 bits per heavy atom. The van der Waals surface area contributed by atoms with Crippen molar-refractivity contribution in [1.82, 2.24) is 0 Å². The average molecular weight is 787 g/mol. The highest BCUT2D eigenvalue weighted by Gasteiger charge is 2.22. The monoisotopic (exact) mass is 786 g/mol. The van der Waals surface area contributed by atoms with Crippen molar-refractivity contribution in [2.75, 3.05) is 16.3 Å². The summed E-state index contributed by atoms with van der Waals surface area (Å²) >= 11 is 0. The van der Waals surface area contributed by atoms with Gasteiger partial charge in [0.05, 0.1) is 0 Å². The molecule has 0 heterocycles. The van der Waals surface area contributed by atoms with Gasteiger partial charge < -0.3 is 9.80 Å².